The fourth-order valence-corrected chi connectivity index (χ4v) is 1.80. The monoisotopic (exact) mass is 259 g/mol. The second kappa shape index (κ2) is 7.52. The summed E-state index contributed by atoms with van der Waals surface area (Å²) in [7, 11) is 0. The molecule has 0 saturated carbocycles. The number of carbonyl (C=O) groups excluding carboxylic acids is 1. The number of aromatic nitrogens is 1. The highest BCUT2D eigenvalue weighted by molar-refractivity contribution is 5.92. The fourth-order valence-electron chi connectivity index (χ4n) is 1.80. The lowest BCUT2D eigenvalue weighted by Crippen LogP contribution is -2.39. The molecule has 4 nitrogen and oxygen atoms in total. The van der Waals surface area contributed by atoms with Crippen LogP contribution in [0.15, 0.2) is 18.3 Å². The maximum atomic E-state index is 12.4. The summed E-state index contributed by atoms with van der Waals surface area (Å²) in [5.41, 5.74) is 0.885. The predicted molar refractivity (Wildman–Crippen MR) is 74.6 cm³/mol. The summed E-state index contributed by atoms with van der Waals surface area (Å²) < 4.78 is 0. The second-order valence-electron chi connectivity index (χ2n) is 4.65. The van der Waals surface area contributed by atoms with Crippen molar-refractivity contribution in [1.82, 2.24) is 9.88 Å². The molecule has 1 atom stereocenters. The first-order valence-electron chi connectivity index (χ1n) is 6.81. The number of pyridine rings is 1. The molecule has 1 amide bonds. The van der Waals surface area contributed by atoms with Crippen LogP contribution in [-0.2, 0) is 0 Å². The van der Waals surface area contributed by atoms with Gasteiger partial charge in [0.15, 0.2) is 0 Å². The number of amides is 1. The molecule has 0 saturated heterocycles. The van der Waals surface area contributed by atoms with E-state index in [0.717, 1.165) is 25.8 Å². The SMILES string of the molecule is CCCCN(C(=O)c1ccc(C#N)cn1)C(C)CC. The van der Waals surface area contributed by atoms with Gasteiger partial charge in [0.1, 0.15) is 11.8 Å². The minimum atomic E-state index is -0.0488. The molecule has 0 N–H and O–H groups in total. The zero-order valence-electron chi connectivity index (χ0n) is 11.9. The quantitative estimate of drug-likeness (QED) is 0.789. The molecule has 19 heavy (non-hydrogen) atoms. The lowest BCUT2D eigenvalue weighted by atomic mass is 10.1. The molecule has 1 unspecified atom stereocenters. The van der Waals surface area contributed by atoms with Gasteiger partial charge in [-0.2, -0.15) is 5.26 Å². The molecule has 0 aliphatic carbocycles. The first kappa shape index (κ1) is 15.2. The molecule has 0 aromatic carbocycles. The van der Waals surface area contributed by atoms with Gasteiger partial charge in [0.2, 0.25) is 0 Å². The van der Waals surface area contributed by atoms with E-state index in [2.05, 4.69) is 25.8 Å². The molecule has 102 valence electrons. The molecule has 0 bridgehead atoms. The van der Waals surface area contributed by atoms with E-state index in [1.165, 1.54) is 6.20 Å². The summed E-state index contributed by atoms with van der Waals surface area (Å²) in [5.74, 6) is -0.0488. The van der Waals surface area contributed by atoms with Crippen LogP contribution < -0.4 is 0 Å². The van der Waals surface area contributed by atoms with E-state index < -0.39 is 0 Å². The Labute approximate surface area is 115 Å². The number of nitrogens with zero attached hydrogens (tertiary/aromatic N) is 3. The maximum Gasteiger partial charge on any atom is 0.272 e. The number of hydrogen-bond acceptors (Lipinski definition) is 3. The predicted octanol–water partition coefficient (Wildman–Crippen LogP) is 2.99. The molecule has 1 heterocycles. The topological polar surface area (TPSA) is 57.0 Å². The Bertz CT molecular complexity index is 447. The van der Waals surface area contributed by atoms with Crippen molar-refractivity contribution in [3.8, 4) is 6.07 Å². The summed E-state index contributed by atoms with van der Waals surface area (Å²) >= 11 is 0. The average Bonchev–Trinajstić information content (AvgIpc) is 2.47. The number of rotatable bonds is 6. The van der Waals surface area contributed by atoms with Crippen LogP contribution in [0.4, 0.5) is 0 Å². The Hall–Kier alpha value is -1.89. The van der Waals surface area contributed by atoms with Gasteiger partial charge in [-0.05, 0) is 31.9 Å². The van der Waals surface area contributed by atoms with Gasteiger partial charge in [-0.1, -0.05) is 20.3 Å². The third-order valence-corrected chi connectivity index (χ3v) is 3.25. The standard InChI is InChI=1S/C15H21N3O/c1-4-6-9-18(12(3)5-2)15(19)14-8-7-13(10-16)11-17-14/h7-8,11-12H,4-6,9H2,1-3H3. The molecule has 0 aliphatic rings. The van der Waals surface area contributed by atoms with Crippen molar-refractivity contribution < 1.29 is 4.79 Å². The summed E-state index contributed by atoms with van der Waals surface area (Å²) in [6.45, 7) is 6.99. The van der Waals surface area contributed by atoms with E-state index in [-0.39, 0.29) is 11.9 Å². The lowest BCUT2D eigenvalue weighted by Gasteiger charge is -2.28. The zero-order valence-corrected chi connectivity index (χ0v) is 11.9. The van der Waals surface area contributed by atoms with Crippen LogP contribution in [-0.4, -0.2) is 28.4 Å². The minimum Gasteiger partial charge on any atom is -0.335 e. The molecule has 1 aromatic heterocycles. The second-order valence-corrected chi connectivity index (χ2v) is 4.65. The number of unbranched alkanes of at least 4 members (excludes halogenated alkanes) is 1. The summed E-state index contributed by atoms with van der Waals surface area (Å²) in [4.78, 5) is 18.4. The normalized spacial score (nSPS) is 11.7. The van der Waals surface area contributed by atoms with E-state index in [0.29, 0.717) is 11.3 Å². The van der Waals surface area contributed by atoms with Crippen LogP contribution in [0.5, 0.6) is 0 Å². The van der Waals surface area contributed by atoms with Crippen molar-refractivity contribution >= 4 is 5.91 Å². The van der Waals surface area contributed by atoms with Gasteiger partial charge in [-0.15, -0.1) is 0 Å². The fraction of sp³-hybridized carbons (Fsp3) is 0.533. The summed E-state index contributed by atoms with van der Waals surface area (Å²) in [5, 5.41) is 8.73. The van der Waals surface area contributed by atoms with Gasteiger partial charge in [0.25, 0.3) is 5.91 Å². The van der Waals surface area contributed by atoms with Crippen molar-refractivity contribution in [2.45, 2.75) is 46.1 Å². The van der Waals surface area contributed by atoms with Gasteiger partial charge < -0.3 is 4.90 Å². The molecule has 0 spiro atoms. The zero-order chi connectivity index (χ0) is 14.3. The molecule has 0 radical (unpaired) electrons. The van der Waals surface area contributed by atoms with Crippen LogP contribution >= 0.6 is 0 Å². The van der Waals surface area contributed by atoms with Crippen LogP contribution in [0.25, 0.3) is 0 Å². The molecule has 0 aliphatic heterocycles. The average molecular weight is 259 g/mol. The lowest BCUT2D eigenvalue weighted by molar-refractivity contribution is 0.0679. The highest BCUT2D eigenvalue weighted by Gasteiger charge is 2.20. The van der Waals surface area contributed by atoms with Gasteiger partial charge >= 0.3 is 0 Å². The van der Waals surface area contributed by atoms with Crippen molar-refractivity contribution in [1.29, 1.82) is 5.26 Å². The number of carbonyl (C=O) groups is 1. The van der Waals surface area contributed by atoms with Crippen LogP contribution in [0.1, 0.15) is 56.1 Å². The van der Waals surface area contributed by atoms with Crippen LogP contribution in [0.3, 0.4) is 0 Å². The third-order valence-electron chi connectivity index (χ3n) is 3.25. The van der Waals surface area contributed by atoms with Gasteiger partial charge in [0, 0.05) is 18.8 Å². The molecule has 0 fully saturated rings. The Morgan fingerprint density at radius 1 is 1.47 bits per heavy atom. The third kappa shape index (κ3) is 4.06. The Morgan fingerprint density at radius 2 is 2.21 bits per heavy atom. The molecule has 4 heteroatoms. The van der Waals surface area contributed by atoms with E-state index in [4.69, 9.17) is 5.26 Å². The molecule has 1 rings (SSSR count). The van der Waals surface area contributed by atoms with Gasteiger partial charge in [-0.3, -0.25) is 4.79 Å². The Morgan fingerprint density at radius 3 is 2.68 bits per heavy atom. The van der Waals surface area contributed by atoms with Crippen LogP contribution in [0, 0.1) is 11.3 Å². The highest BCUT2D eigenvalue weighted by atomic mass is 16.2. The molecular formula is C15H21N3O. The Balaban J connectivity index is 2.88. The van der Waals surface area contributed by atoms with E-state index in [9.17, 15) is 4.79 Å². The summed E-state index contributed by atoms with van der Waals surface area (Å²) in [6, 6.07) is 5.47. The Kier molecular flexibility index (Phi) is 6.01. The van der Waals surface area contributed by atoms with Crippen molar-refractivity contribution in [3.05, 3.63) is 29.6 Å². The van der Waals surface area contributed by atoms with Crippen molar-refractivity contribution in [2.75, 3.05) is 6.54 Å². The van der Waals surface area contributed by atoms with Crippen molar-refractivity contribution in [2.24, 2.45) is 0 Å². The molecule has 1 aromatic rings. The molecular weight excluding hydrogens is 238 g/mol. The van der Waals surface area contributed by atoms with E-state index >= 15 is 0 Å². The van der Waals surface area contributed by atoms with Crippen LogP contribution in [0.2, 0.25) is 0 Å². The van der Waals surface area contributed by atoms with Crippen molar-refractivity contribution in [3.63, 3.8) is 0 Å². The van der Waals surface area contributed by atoms with E-state index in [1.807, 2.05) is 11.0 Å². The van der Waals surface area contributed by atoms with E-state index in [1.54, 1.807) is 12.1 Å². The van der Waals surface area contributed by atoms with Gasteiger partial charge in [0.05, 0.1) is 5.56 Å². The number of nitriles is 1. The van der Waals surface area contributed by atoms with Gasteiger partial charge in [-0.25, -0.2) is 4.98 Å². The smallest absolute Gasteiger partial charge is 0.272 e. The summed E-state index contributed by atoms with van der Waals surface area (Å²) in [6.07, 6.45) is 4.42. The first-order valence-corrected chi connectivity index (χ1v) is 6.81. The first-order chi connectivity index (χ1) is 9.13. The maximum absolute atomic E-state index is 12.4. The largest absolute Gasteiger partial charge is 0.335 e. The highest BCUT2D eigenvalue weighted by Crippen LogP contribution is 2.11. The minimum absolute atomic E-state index is 0.0488. The number of hydrogen-bond donors (Lipinski definition) is 0.